The molecule has 0 unspecified atom stereocenters. The van der Waals surface area contributed by atoms with Gasteiger partial charge >= 0.3 is 0 Å². The molecule has 0 aliphatic heterocycles. The van der Waals surface area contributed by atoms with Crippen molar-refractivity contribution in [3.8, 4) is 0 Å². The summed E-state index contributed by atoms with van der Waals surface area (Å²) in [6.45, 7) is 4.69. The number of nitrogens with one attached hydrogen (secondary N) is 1. The quantitative estimate of drug-likeness (QED) is 0.658. The molecule has 0 spiro atoms. The van der Waals surface area contributed by atoms with Crippen molar-refractivity contribution in [3.05, 3.63) is 17.2 Å². The Morgan fingerprint density at radius 3 is 2.73 bits per heavy atom. The average molecular weight is 171 g/mol. The van der Waals surface area contributed by atoms with E-state index in [2.05, 4.69) is 18.8 Å². The lowest BCUT2D eigenvalue weighted by atomic mass is 10.1. The van der Waals surface area contributed by atoms with E-state index in [1.807, 2.05) is 17.0 Å². The summed E-state index contributed by atoms with van der Waals surface area (Å²) < 4.78 is 2.68. The number of H-pyrrole nitrogens is 1. The molecule has 1 aromatic rings. The topological polar surface area (TPSA) is 46.7 Å². The molecule has 0 amide bonds. The fourth-order valence-corrected chi connectivity index (χ4v) is 1.27. The molecule has 3 nitrogen and oxygen atoms in total. The van der Waals surface area contributed by atoms with Crippen LogP contribution in [0.15, 0.2) is 12.4 Å². The maximum atomic E-state index is 5.59. The highest BCUT2D eigenvalue weighted by Gasteiger charge is 2.17. The Labute approximate surface area is 71.2 Å². The zero-order valence-electron chi connectivity index (χ0n) is 6.79. The highest BCUT2D eigenvalue weighted by molar-refractivity contribution is 7.71. The minimum Gasteiger partial charge on any atom is -0.337 e. The van der Waals surface area contributed by atoms with Gasteiger partial charge in [-0.25, -0.2) is 0 Å². The average Bonchev–Trinajstić information content (AvgIpc) is 2.36. The monoisotopic (exact) mass is 171 g/mol. The van der Waals surface area contributed by atoms with E-state index in [0.717, 1.165) is 4.77 Å². The summed E-state index contributed by atoms with van der Waals surface area (Å²) in [5.41, 5.74) is 5.50. The van der Waals surface area contributed by atoms with Crippen molar-refractivity contribution < 1.29 is 0 Å². The van der Waals surface area contributed by atoms with E-state index < -0.39 is 0 Å². The fourth-order valence-electron chi connectivity index (χ4n) is 0.895. The van der Waals surface area contributed by atoms with E-state index in [1.54, 1.807) is 0 Å². The van der Waals surface area contributed by atoms with Gasteiger partial charge in [0.25, 0.3) is 0 Å². The maximum Gasteiger partial charge on any atom is 0.177 e. The molecule has 0 fully saturated rings. The van der Waals surface area contributed by atoms with Crippen LogP contribution in [0.5, 0.6) is 0 Å². The van der Waals surface area contributed by atoms with Crippen molar-refractivity contribution in [2.75, 3.05) is 6.54 Å². The Hall–Kier alpha value is -0.610. The molecule has 0 atom stereocenters. The van der Waals surface area contributed by atoms with Crippen molar-refractivity contribution in [3.63, 3.8) is 0 Å². The Kier molecular flexibility index (Phi) is 2.15. The van der Waals surface area contributed by atoms with Gasteiger partial charge in [0.15, 0.2) is 4.77 Å². The van der Waals surface area contributed by atoms with Crippen molar-refractivity contribution >= 4 is 12.2 Å². The van der Waals surface area contributed by atoms with Crippen LogP contribution in [0.1, 0.15) is 13.8 Å². The molecule has 0 aliphatic rings. The number of rotatable bonds is 2. The van der Waals surface area contributed by atoms with Crippen molar-refractivity contribution in [2.45, 2.75) is 19.4 Å². The Bertz CT molecular complexity index is 284. The molecule has 1 heterocycles. The van der Waals surface area contributed by atoms with Gasteiger partial charge < -0.3 is 15.3 Å². The van der Waals surface area contributed by atoms with Gasteiger partial charge in [0.1, 0.15) is 0 Å². The standard InChI is InChI=1S/C7H13N3S/c1-7(2,5-8)10-4-3-9-6(10)11/h3-4H,5,8H2,1-2H3,(H,9,11). The van der Waals surface area contributed by atoms with Crippen LogP contribution in [0, 0.1) is 4.77 Å². The number of hydrogen-bond acceptors (Lipinski definition) is 2. The summed E-state index contributed by atoms with van der Waals surface area (Å²) in [6, 6.07) is 0. The molecule has 0 saturated heterocycles. The van der Waals surface area contributed by atoms with E-state index in [0.29, 0.717) is 6.54 Å². The summed E-state index contributed by atoms with van der Waals surface area (Å²) in [5.74, 6) is 0. The molecule has 0 bridgehead atoms. The van der Waals surface area contributed by atoms with E-state index in [-0.39, 0.29) is 5.54 Å². The third-order valence-corrected chi connectivity index (χ3v) is 2.12. The second kappa shape index (κ2) is 2.79. The molecule has 0 saturated carbocycles. The van der Waals surface area contributed by atoms with Crippen LogP contribution in [0.4, 0.5) is 0 Å². The number of aromatic amines is 1. The molecule has 0 radical (unpaired) electrons. The lowest BCUT2D eigenvalue weighted by molar-refractivity contribution is 0.362. The molecule has 0 aromatic carbocycles. The summed E-state index contributed by atoms with van der Waals surface area (Å²) >= 11 is 5.05. The van der Waals surface area contributed by atoms with Crippen LogP contribution in [0.2, 0.25) is 0 Å². The van der Waals surface area contributed by atoms with Crippen molar-refractivity contribution in [2.24, 2.45) is 5.73 Å². The first kappa shape index (κ1) is 8.49. The number of nitrogens with zero attached hydrogens (tertiary/aromatic N) is 1. The molecule has 1 rings (SSSR count). The zero-order chi connectivity index (χ0) is 8.48. The van der Waals surface area contributed by atoms with Gasteiger partial charge in [-0.2, -0.15) is 0 Å². The molecule has 62 valence electrons. The van der Waals surface area contributed by atoms with Gasteiger partial charge in [0.05, 0.1) is 5.54 Å². The first-order valence-corrected chi connectivity index (χ1v) is 3.95. The van der Waals surface area contributed by atoms with Crippen molar-refractivity contribution in [1.29, 1.82) is 0 Å². The van der Waals surface area contributed by atoms with Crippen LogP contribution in [0.3, 0.4) is 0 Å². The number of aromatic nitrogens is 2. The highest BCUT2D eigenvalue weighted by atomic mass is 32.1. The third kappa shape index (κ3) is 1.52. The molecule has 11 heavy (non-hydrogen) atoms. The third-order valence-electron chi connectivity index (χ3n) is 1.80. The SMILES string of the molecule is CC(C)(CN)n1cc[nH]c1=S. The normalized spacial score (nSPS) is 11.9. The van der Waals surface area contributed by atoms with Gasteiger partial charge in [0, 0.05) is 18.9 Å². The minimum atomic E-state index is -0.0862. The largest absolute Gasteiger partial charge is 0.337 e. The zero-order valence-corrected chi connectivity index (χ0v) is 7.61. The number of hydrogen-bond donors (Lipinski definition) is 2. The maximum absolute atomic E-state index is 5.59. The van der Waals surface area contributed by atoms with Gasteiger partial charge in [-0.1, -0.05) is 0 Å². The van der Waals surface area contributed by atoms with E-state index in [4.69, 9.17) is 18.0 Å². The molecule has 1 aromatic heterocycles. The van der Waals surface area contributed by atoms with Crippen LogP contribution in [-0.4, -0.2) is 16.1 Å². The molecular weight excluding hydrogens is 158 g/mol. The molecule has 0 aliphatic carbocycles. The lowest BCUT2D eigenvalue weighted by Crippen LogP contribution is -2.34. The van der Waals surface area contributed by atoms with Crippen LogP contribution >= 0.6 is 12.2 Å². The minimum absolute atomic E-state index is 0.0862. The predicted octanol–water partition coefficient (Wildman–Crippen LogP) is 1.24. The number of imidazole rings is 1. The van der Waals surface area contributed by atoms with Crippen LogP contribution < -0.4 is 5.73 Å². The Morgan fingerprint density at radius 2 is 2.36 bits per heavy atom. The van der Waals surface area contributed by atoms with Gasteiger partial charge in [0.2, 0.25) is 0 Å². The molecule has 3 N–H and O–H groups in total. The highest BCUT2D eigenvalue weighted by Crippen LogP contribution is 2.12. The summed E-state index contributed by atoms with van der Waals surface area (Å²) in [5, 5.41) is 0. The number of nitrogens with two attached hydrogens (primary N) is 1. The summed E-state index contributed by atoms with van der Waals surface area (Å²) in [6.07, 6.45) is 3.73. The molecular formula is C7H13N3S. The van der Waals surface area contributed by atoms with Crippen LogP contribution in [0.25, 0.3) is 0 Å². The first-order valence-electron chi connectivity index (χ1n) is 3.54. The lowest BCUT2D eigenvalue weighted by Gasteiger charge is -2.24. The van der Waals surface area contributed by atoms with E-state index in [1.165, 1.54) is 0 Å². The summed E-state index contributed by atoms with van der Waals surface area (Å²) in [4.78, 5) is 2.93. The van der Waals surface area contributed by atoms with Gasteiger partial charge in [-0.3, -0.25) is 0 Å². The fraction of sp³-hybridized carbons (Fsp3) is 0.571. The Morgan fingerprint density at radius 1 is 1.73 bits per heavy atom. The second-order valence-corrected chi connectivity index (χ2v) is 3.54. The molecule has 4 heteroatoms. The Balaban J connectivity index is 3.11. The van der Waals surface area contributed by atoms with Crippen LogP contribution in [-0.2, 0) is 5.54 Å². The van der Waals surface area contributed by atoms with E-state index in [9.17, 15) is 0 Å². The summed E-state index contributed by atoms with van der Waals surface area (Å²) in [7, 11) is 0. The van der Waals surface area contributed by atoms with Gasteiger partial charge in [-0.15, -0.1) is 0 Å². The predicted molar refractivity (Wildman–Crippen MR) is 48.0 cm³/mol. The van der Waals surface area contributed by atoms with Gasteiger partial charge in [-0.05, 0) is 26.1 Å². The second-order valence-electron chi connectivity index (χ2n) is 3.15. The van der Waals surface area contributed by atoms with Crippen molar-refractivity contribution in [1.82, 2.24) is 9.55 Å². The smallest absolute Gasteiger partial charge is 0.177 e. The first-order chi connectivity index (χ1) is 5.08. The van der Waals surface area contributed by atoms with E-state index >= 15 is 0 Å².